The molecule has 0 radical (unpaired) electrons. The van der Waals surface area contributed by atoms with E-state index in [1.165, 1.54) is 19.3 Å². The van der Waals surface area contributed by atoms with Crippen molar-refractivity contribution in [2.24, 2.45) is 5.10 Å². The lowest BCUT2D eigenvalue weighted by molar-refractivity contribution is 0.240. The minimum atomic E-state index is 0.825. The quantitative estimate of drug-likeness (QED) is 0.451. The molecule has 2 nitrogen and oxygen atoms in total. The Morgan fingerprint density at radius 1 is 0.783 bits per heavy atom. The third kappa shape index (κ3) is 2.68. The molecule has 0 aliphatic carbocycles. The maximum absolute atomic E-state index is 6.64. The summed E-state index contributed by atoms with van der Waals surface area (Å²) in [6, 6.07) is 16.6. The summed E-state index contributed by atoms with van der Waals surface area (Å²) in [5.74, 6) is 0. The highest BCUT2D eigenvalue weighted by atomic mass is 35.5. The average Bonchev–Trinajstić information content (AvgIpc) is 2.63. The molecule has 1 saturated heterocycles. The molecule has 1 fully saturated rings. The number of rotatable bonds is 2. The van der Waals surface area contributed by atoms with Crippen LogP contribution in [0.1, 0.15) is 24.8 Å². The van der Waals surface area contributed by atoms with Crippen LogP contribution in [0.3, 0.4) is 0 Å². The van der Waals surface area contributed by atoms with Crippen LogP contribution in [-0.4, -0.2) is 24.3 Å². The number of hydrazone groups is 1. The molecule has 3 aromatic rings. The van der Waals surface area contributed by atoms with E-state index in [1.54, 1.807) is 0 Å². The first-order chi connectivity index (χ1) is 11.3. The van der Waals surface area contributed by atoms with E-state index in [0.717, 1.165) is 45.2 Å². The fraction of sp³-hybridized carbons (Fsp3) is 0.250. The maximum atomic E-state index is 6.64. The SMILES string of the molecule is Clc1c2ccccc2c(/C=N/N2CCCCC2)c2ccccc12. The van der Waals surface area contributed by atoms with Gasteiger partial charge in [0.25, 0.3) is 0 Å². The molecule has 3 heteroatoms. The van der Waals surface area contributed by atoms with Gasteiger partial charge >= 0.3 is 0 Å². The predicted octanol–water partition coefficient (Wildman–Crippen LogP) is 5.47. The van der Waals surface area contributed by atoms with Crippen molar-refractivity contribution in [3.63, 3.8) is 0 Å². The van der Waals surface area contributed by atoms with Gasteiger partial charge in [-0.05, 0) is 30.0 Å². The van der Waals surface area contributed by atoms with Crippen molar-refractivity contribution < 1.29 is 0 Å². The number of fused-ring (bicyclic) bond motifs is 2. The molecule has 1 heterocycles. The van der Waals surface area contributed by atoms with Crippen molar-refractivity contribution in [3.05, 3.63) is 59.1 Å². The summed E-state index contributed by atoms with van der Waals surface area (Å²) >= 11 is 6.64. The molecule has 0 unspecified atom stereocenters. The molecule has 0 amide bonds. The van der Waals surface area contributed by atoms with E-state index in [0.29, 0.717) is 0 Å². The zero-order valence-electron chi connectivity index (χ0n) is 13.0. The van der Waals surface area contributed by atoms with Crippen LogP contribution in [0.4, 0.5) is 0 Å². The number of nitrogens with zero attached hydrogens (tertiary/aromatic N) is 2. The number of piperidine rings is 1. The normalized spacial score (nSPS) is 15.8. The van der Waals surface area contributed by atoms with Gasteiger partial charge in [-0.15, -0.1) is 0 Å². The molecule has 0 saturated carbocycles. The number of benzene rings is 3. The first-order valence-corrected chi connectivity index (χ1v) is 8.60. The first kappa shape index (κ1) is 14.5. The molecule has 116 valence electrons. The van der Waals surface area contributed by atoms with Crippen molar-refractivity contribution >= 4 is 39.4 Å². The van der Waals surface area contributed by atoms with Gasteiger partial charge in [0.15, 0.2) is 0 Å². The smallest absolute Gasteiger partial charge is 0.0563 e. The van der Waals surface area contributed by atoms with E-state index in [4.69, 9.17) is 16.7 Å². The zero-order chi connectivity index (χ0) is 15.6. The topological polar surface area (TPSA) is 15.6 Å². The van der Waals surface area contributed by atoms with Gasteiger partial charge in [0, 0.05) is 29.4 Å². The van der Waals surface area contributed by atoms with Crippen molar-refractivity contribution in [1.29, 1.82) is 0 Å². The highest BCUT2D eigenvalue weighted by molar-refractivity contribution is 6.42. The second-order valence-corrected chi connectivity index (χ2v) is 6.46. The maximum Gasteiger partial charge on any atom is 0.0563 e. The highest BCUT2D eigenvalue weighted by Gasteiger charge is 2.12. The Balaban J connectivity index is 1.91. The van der Waals surface area contributed by atoms with Crippen molar-refractivity contribution in [2.45, 2.75) is 19.3 Å². The van der Waals surface area contributed by atoms with E-state index in [9.17, 15) is 0 Å². The molecule has 1 aliphatic rings. The molecule has 3 aromatic carbocycles. The molecule has 4 rings (SSSR count). The third-order valence-corrected chi connectivity index (χ3v) is 5.00. The highest BCUT2D eigenvalue weighted by Crippen LogP contribution is 2.35. The molecule has 1 aliphatic heterocycles. The van der Waals surface area contributed by atoms with Crippen LogP contribution < -0.4 is 0 Å². The van der Waals surface area contributed by atoms with E-state index < -0.39 is 0 Å². The second kappa shape index (κ2) is 6.21. The van der Waals surface area contributed by atoms with E-state index in [-0.39, 0.29) is 0 Å². The number of halogens is 1. The summed E-state index contributed by atoms with van der Waals surface area (Å²) in [4.78, 5) is 0. The lowest BCUT2D eigenvalue weighted by Gasteiger charge is -2.23. The fourth-order valence-corrected chi connectivity index (χ4v) is 3.71. The Bertz CT molecular complexity index is 822. The molecule has 0 N–H and O–H groups in total. The van der Waals surface area contributed by atoms with E-state index in [1.807, 2.05) is 18.3 Å². The van der Waals surface area contributed by atoms with Crippen LogP contribution in [0.15, 0.2) is 53.6 Å². The van der Waals surface area contributed by atoms with Gasteiger partial charge in [0.1, 0.15) is 0 Å². The third-order valence-electron chi connectivity index (χ3n) is 4.59. The van der Waals surface area contributed by atoms with Gasteiger partial charge in [-0.25, -0.2) is 0 Å². The lowest BCUT2D eigenvalue weighted by atomic mass is 9.97. The minimum Gasteiger partial charge on any atom is -0.297 e. The summed E-state index contributed by atoms with van der Waals surface area (Å²) in [5, 5.41) is 12.3. The van der Waals surface area contributed by atoms with Crippen molar-refractivity contribution in [1.82, 2.24) is 5.01 Å². The van der Waals surface area contributed by atoms with Crippen LogP contribution in [-0.2, 0) is 0 Å². The fourth-order valence-electron chi connectivity index (χ4n) is 3.38. The van der Waals surface area contributed by atoms with Crippen LogP contribution >= 0.6 is 11.6 Å². The molecule has 23 heavy (non-hydrogen) atoms. The Kier molecular flexibility index (Phi) is 3.92. The van der Waals surface area contributed by atoms with Crippen LogP contribution in [0.2, 0.25) is 5.02 Å². The van der Waals surface area contributed by atoms with Gasteiger partial charge in [-0.1, -0.05) is 60.1 Å². The van der Waals surface area contributed by atoms with Crippen LogP contribution in [0, 0.1) is 0 Å². The Morgan fingerprint density at radius 3 is 1.87 bits per heavy atom. The van der Waals surface area contributed by atoms with Crippen molar-refractivity contribution in [2.75, 3.05) is 13.1 Å². The Morgan fingerprint density at radius 2 is 1.30 bits per heavy atom. The van der Waals surface area contributed by atoms with Crippen LogP contribution in [0.25, 0.3) is 21.5 Å². The molecule has 0 atom stereocenters. The summed E-state index contributed by atoms with van der Waals surface area (Å²) in [6.07, 6.45) is 5.81. The lowest BCUT2D eigenvalue weighted by Crippen LogP contribution is -2.24. The van der Waals surface area contributed by atoms with Crippen LogP contribution in [0.5, 0.6) is 0 Å². The largest absolute Gasteiger partial charge is 0.297 e. The van der Waals surface area contributed by atoms with Gasteiger partial charge < -0.3 is 0 Å². The summed E-state index contributed by atoms with van der Waals surface area (Å²) in [7, 11) is 0. The number of hydrogen-bond acceptors (Lipinski definition) is 2. The molecular formula is C20H19ClN2. The summed E-state index contributed by atoms with van der Waals surface area (Å²) < 4.78 is 0. The Labute approximate surface area is 141 Å². The average molecular weight is 323 g/mol. The number of hydrogen-bond donors (Lipinski definition) is 0. The van der Waals surface area contributed by atoms with Gasteiger partial charge in [-0.2, -0.15) is 5.10 Å². The predicted molar refractivity (Wildman–Crippen MR) is 99.5 cm³/mol. The molecule has 0 bridgehead atoms. The molecule has 0 spiro atoms. The first-order valence-electron chi connectivity index (χ1n) is 8.22. The second-order valence-electron chi connectivity index (χ2n) is 6.08. The molecule has 0 aromatic heterocycles. The molecular weight excluding hydrogens is 304 g/mol. The van der Waals surface area contributed by atoms with E-state index in [2.05, 4.69) is 41.4 Å². The monoisotopic (exact) mass is 322 g/mol. The summed E-state index contributed by atoms with van der Waals surface area (Å²) in [6.45, 7) is 2.11. The Hall–Kier alpha value is -2.06. The van der Waals surface area contributed by atoms with E-state index >= 15 is 0 Å². The van der Waals surface area contributed by atoms with Gasteiger partial charge in [-0.3, -0.25) is 5.01 Å². The van der Waals surface area contributed by atoms with Gasteiger partial charge in [0.05, 0.1) is 11.2 Å². The zero-order valence-corrected chi connectivity index (χ0v) is 13.8. The summed E-state index contributed by atoms with van der Waals surface area (Å²) in [5.41, 5.74) is 1.16. The standard InChI is InChI=1S/C20H19ClN2/c21-20-17-10-4-2-8-15(17)19(16-9-3-5-11-18(16)20)14-22-23-12-6-1-7-13-23/h2-5,8-11,14H,1,6-7,12-13H2/b22-14+. The van der Waals surface area contributed by atoms with Gasteiger partial charge in [0.2, 0.25) is 0 Å². The van der Waals surface area contributed by atoms with Crippen molar-refractivity contribution in [3.8, 4) is 0 Å². The minimum absolute atomic E-state index is 0.825.